The number of aromatic nitrogens is 3. The van der Waals surface area contributed by atoms with Gasteiger partial charge in [0.05, 0.1) is 23.8 Å². The molecule has 7 nitrogen and oxygen atoms in total. The molecule has 1 amide bonds. The summed E-state index contributed by atoms with van der Waals surface area (Å²) in [6.45, 7) is 4.09. The molecule has 4 rings (SSSR count). The van der Waals surface area contributed by atoms with Crippen molar-refractivity contribution in [1.29, 1.82) is 0 Å². The van der Waals surface area contributed by atoms with Gasteiger partial charge in [-0.15, -0.1) is 0 Å². The molecule has 1 aliphatic heterocycles. The molecule has 0 saturated heterocycles. The predicted octanol–water partition coefficient (Wildman–Crippen LogP) is 2.67. The third-order valence-electron chi connectivity index (χ3n) is 4.98. The van der Waals surface area contributed by atoms with Crippen LogP contribution in [-0.4, -0.2) is 39.4 Å². The maximum absolute atomic E-state index is 12.6. The first-order valence-corrected chi connectivity index (χ1v) is 9.16. The molecule has 0 aliphatic carbocycles. The molecule has 0 spiro atoms. The molecule has 0 radical (unpaired) electrons. The van der Waals surface area contributed by atoms with E-state index in [4.69, 9.17) is 5.73 Å². The molecule has 28 heavy (non-hydrogen) atoms. The summed E-state index contributed by atoms with van der Waals surface area (Å²) in [6, 6.07) is 7.74. The Morgan fingerprint density at radius 2 is 2.14 bits per heavy atom. The van der Waals surface area contributed by atoms with Crippen LogP contribution in [0.1, 0.15) is 27.2 Å². The molecular formula is C21H22N6O. The molecule has 1 aromatic carbocycles. The molecule has 0 saturated carbocycles. The number of nitrogens with zero attached hydrogens (tertiary/aromatic N) is 4. The number of hydrogen-bond acceptors (Lipinski definition) is 6. The van der Waals surface area contributed by atoms with E-state index in [0.29, 0.717) is 11.4 Å². The van der Waals surface area contributed by atoms with E-state index in [2.05, 4.69) is 51.3 Å². The minimum absolute atomic E-state index is 0.0968. The van der Waals surface area contributed by atoms with Crippen molar-refractivity contribution in [2.75, 3.05) is 24.6 Å². The predicted molar refractivity (Wildman–Crippen MR) is 109 cm³/mol. The Bertz CT molecular complexity index is 1030. The number of fused-ring (bicyclic) bond motifs is 1. The van der Waals surface area contributed by atoms with Gasteiger partial charge in [0.15, 0.2) is 11.5 Å². The highest BCUT2D eigenvalue weighted by Gasteiger charge is 2.19. The monoisotopic (exact) mass is 374 g/mol. The molecule has 142 valence electrons. The highest BCUT2D eigenvalue weighted by molar-refractivity contribution is 6.05. The fourth-order valence-electron chi connectivity index (χ4n) is 3.54. The quantitative estimate of drug-likeness (QED) is 0.732. The summed E-state index contributed by atoms with van der Waals surface area (Å²) in [5, 5.41) is 2.75. The van der Waals surface area contributed by atoms with Crippen LogP contribution < -0.4 is 11.1 Å². The number of nitrogens with two attached hydrogens (primary N) is 1. The first-order chi connectivity index (χ1) is 13.5. The summed E-state index contributed by atoms with van der Waals surface area (Å²) in [7, 11) is 2.12. The third-order valence-corrected chi connectivity index (χ3v) is 4.98. The molecule has 1 aliphatic rings. The third kappa shape index (κ3) is 3.57. The van der Waals surface area contributed by atoms with E-state index in [-0.39, 0.29) is 11.5 Å². The number of benzene rings is 1. The van der Waals surface area contributed by atoms with E-state index in [1.165, 1.54) is 16.7 Å². The number of likely N-dealkylation sites (N-methyl/N-ethyl adjacent to an activating group) is 1. The van der Waals surface area contributed by atoms with Gasteiger partial charge in [-0.3, -0.25) is 9.78 Å². The average molecular weight is 374 g/mol. The van der Waals surface area contributed by atoms with Gasteiger partial charge < -0.3 is 16.0 Å². The Balaban J connectivity index is 1.68. The summed E-state index contributed by atoms with van der Waals surface area (Å²) in [6.07, 6.45) is 5.86. The Kier molecular flexibility index (Phi) is 4.75. The smallest absolute Gasteiger partial charge is 0.278 e. The van der Waals surface area contributed by atoms with Crippen LogP contribution in [-0.2, 0) is 13.0 Å². The molecule has 0 atom stereocenters. The second kappa shape index (κ2) is 7.36. The number of carbonyl (C=O) groups is 1. The van der Waals surface area contributed by atoms with Crippen molar-refractivity contribution >= 4 is 17.4 Å². The van der Waals surface area contributed by atoms with Gasteiger partial charge in [-0.2, -0.15) is 0 Å². The lowest BCUT2D eigenvalue weighted by molar-refractivity contribution is 0.102. The standard InChI is InChI=1S/C21H22N6O/c1-13-8-14(9-15-12-27(2)7-5-17(13)15)18-11-24-20(22)19(26-18)21(28)25-16-4-3-6-23-10-16/h3-4,6,8-11H,5,7,12H2,1-2H3,(H2,22,24)(H,25,28). The Hall–Kier alpha value is -3.32. The molecule has 3 aromatic rings. The van der Waals surface area contributed by atoms with Crippen LogP contribution in [0, 0.1) is 6.92 Å². The van der Waals surface area contributed by atoms with Crippen LogP contribution in [0.5, 0.6) is 0 Å². The van der Waals surface area contributed by atoms with Crippen molar-refractivity contribution in [2.45, 2.75) is 19.9 Å². The van der Waals surface area contributed by atoms with Gasteiger partial charge in [0.2, 0.25) is 0 Å². The minimum atomic E-state index is -0.408. The highest BCUT2D eigenvalue weighted by Crippen LogP contribution is 2.28. The van der Waals surface area contributed by atoms with Gasteiger partial charge in [-0.25, -0.2) is 9.97 Å². The van der Waals surface area contributed by atoms with Crippen LogP contribution in [0.25, 0.3) is 11.3 Å². The van der Waals surface area contributed by atoms with Crippen molar-refractivity contribution in [1.82, 2.24) is 19.9 Å². The van der Waals surface area contributed by atoms with Crippen molar-refractivity contribution in [3.05, 3.63) is 65.2 Å². The van der Waals surface area contributed by atoms with Gasteiger partial charge in [0, 0.05) is 24.8 Å². The van der Waals surface area contributed by atoms with E-state index in [1.54, 1.807) is 30.7 Å². The lowest BCUT2D eigenvalue weighted by Gasteiger charge is -2.27. The Morgan fingerprint density at radius 3 is 2.93 bits per heavy atom. The first-order valence-electron chi connectivity index (χ1n) is 9.16. The van der Waals surface area contributed by atoms with E-state index in [9.17, 15) is 4.79 Å². The van der Waals surface area contributed by atoms with Gasteiger partial charge >= 0.3 is 0 Å². The SMILES string of the molecule is Cc1cc(-c2cnc(N)c(C(=O)Nc3cccnc3)n2)cc2c1CCN(C)C2. The van der Waals surface area contributed by atoms with Crippen molar-refractivity contribution in [2.24, 2.45) is 0 Å². The molecule has 7 heteroatoms. The zero-order valence-corrected chi connectivity index (χ0v) is 15.9. The maximum atomic E-state index is 12.6. The van der Waals surface area contributed by atoms with E-state index in [1.807, 2.05) is 0 Å². The van der Waals surface area contributed by atoms with Crippen molar-refractivity contribution < 1.29 is 4.79 Å². The van der Waals surface area contributed by atoms with Crippen LogP contribution in [0.15, 0.2) is 42.9 Å². The number of hydrogen-bond donors (Lipinski definition) is 2. The van der Waals surface area contributed by atoms with E-state index in [0.717, 1.165) is 25.1 Å². The topological polar surface area (TPSA) is 97.0 Å². The number of nitrogens with one attached hydrogen (secondary N) is 1. The van der Waals surface area contributed by atoms with Gasteiger partial charge in [0.1, 0.15) is 0 Å². The second-order valence-corrected chi connectivity index (χ2v) is 7.10. The number of anilines is 2. The molecule has 2 aromatic heterocycles. The molecule has 3 heterocycles. The molecule has 0 bridgehead atoms. The number of aryl methyl sites for hydroxylation is 1. The van der Waals surface area contributed by atoms with Crippen LogP contribution in [0.3, 0.4) is 0 Å². The summed E-state index contributed by atoms with van der Waals surface area (Å²) < 4.78 is 0. The summed E-state index contributed by atoms with van der Waals surface area (Å²) in [4.78, 5) is 27.6. The van der Waals surface area contributed by atoms with Crippen LogP contribution >= 0.6 is 0 Å². The fraction of sp³-hybridized carbons (Fsp3) is 0.238. The number of carbonyl (C=O) groups excluding carboxylic acids is 1. The minimum Gasteiger partial charge on any atom is -0.382 e. The summed E-state index contributed by atoms with van der Waals surface area (Å²) in [5.41, 5.74) is 12.1. The lowest BCUT2D eigenvalue weighted by atomic mass is 9.92. The summed E-state index contributed by atoms with van der Waals surface area (Å²) in [5.74, 6) is -0.311. The lowest BCUT2D eigenvalue weighted by Crippen LogP contribution is -2.27. The zero-order valence-electron chi connectivity index (χ0n) is 15.9. The number of rotatable bonds is 3. The molecule has 0 unspecified atom stereocenters. The molecule has 3 N–H and O–H groups in total. The zero-order chi connectivity index (χ0) is 19.7. The molecule has 0 fully saturated rings. The number of nitrogen functional groups attached to an aromatic ring is 1. The van der Waals surface area contributed by atoms with Crippen molar-refractivity contribution in [3.63, 3.8) is 0 Å². The Labute approximate surface area is 163 Å². The highest BCUT2D eigenvalue weighted by atomic mass is 16.1. The van der Waals surface area contributed by atoms with Crippen molar-refractivity contribution in [3.8, 4) is 11.3 Å². The first kappa shape index (κ1) is 18.1. The Morgan fingerprint density at radius 1 is 1.29 bits per heavy atom. The second-order valence-electron chi connectivity index (χ2n) is 7.10. The largest absolute Gasteiger partial charge is 0.382 e. The van der Waals surface area contributed by atoms with E-state index >= 15 is 0 Å². The van der Waals surface area contributed by atoms with Gasteiger partial charge in [-0.1, -0.05) is 0 Å². The average Bonchev–Trinajstić information content (AvgIpc) is 2.68. The maximum Gasteiger partial charge on any atom is 0.278 e. The van der Waals surface area contributed by atoms with Gasteiger partial charge in [0.25, 0.3) is 5.91 Å². The normalized spacial score (nSPS) is 13.8. The van der Waals surface area contributed by atoms with Gasteiger partial charge in [-0.05, 0) is 61.3 Å². The number of amides is 1. The van der Waals surface area contributed by atoms with E-state index < -0.39 is 5.91 Å². The van der Waals surface area contributed by atoms with Crippen LogP contribution in [0.2, 0.25) is 0 Å². The van der Waals surface area contributed by atoms with Crippen LogP contribution in [0.4, 0.5) is 11.5 Å². The number of pyridine rings is 1. The fourth-order valence-corrected chi connectivity index (χ4v) is 3.54. The summed E-state index contributed by atoms with van der Waals surface area (Å²) >= 11 is 0. The molecular weight excluding hydrogens is 352 g/mol.